The van der Waals surface area contributed by atoms with Crippen molar-refractivity contribution in [3.63, 3.8) is 0 Å². The average molecular weight is 415 g/mol. The lowest BCUT2D eigenvalue weighted by molar-refractivity contribution is 0.0659. The Labute approximate surface area is 170 Å². The topological polar surface area (TPSA) is 91.6 Å². The molecule has 7 nitrogen and oxygen atoms in total. The Hall–Kier alpha value is -3.49. The molecule has 2 aliphatic rings. The van der Waals surface area contributed by atoms with Gasteiger partial charge in [-0.3, -0.25) is 14.4 Å². The number of allylic oxidation sites excluding steroid dienone is 1. The van der Waals surface area contributed by atoms with Gasteiger partial charge in [-0.1, -0.05) is 18.2 Å². The summed E-state index contributed by atoms with van der Waals surface area (Å²) in [5.41, 5.74) is -1.42. The van der Waals surface area contributed by atoms with Gasteiger partial charge in [0.1, 0.15) is 17.2 Å². The molecule has 30 heavy (non-hydrogen) atoms. The first-order chi connectivity index (χ1) is 14.4. The summed E-state index contributed by atoms with van der Waals surface area (Å²) in [6.45, 7) is 0.608. The van der Waals surface area contributed by atoms with Crippen molar-refractivity contribution in [1.82, 2.24) is 14.8 Å². The molecule has 0 spiro atoms. The third-order valence-corrected chi connectivity index (χ3v) is 5.36. The molecule has 0 fully saturated rings. The third-order valence-electron chi connectivity index (χ3n) is 5.36. The lowest BCUT2D eigenvalue weighted by Crippen LogP contribution is -2.45. The van der Waals surface area contributed by atoms with Crippen LogP contribution in [0.4, 0.5) is 8.78 Å². The number of halogens is 2. The molecule has 0 aliphatic carbocycles. The third kappa shape index (κ3) is 3.47. The SMILES string of the molecule is O=C(NCc1ccc(F)cc1F)c1cn2c(c(O)c1=O)C(=O)N1CCC=CC[C@@H]2C1. The average Bonchev–Trinajstić information content (AvgIpc) is 2.68. The summed E-state index contributed by atoms with van der Waals surface area (Å²) < 4.78 is 28.3. The van der Waals surface area contributed by atoms with Crippen LogP contribution >= 0.6 is 0 Å². The van der Waals surface area contributed by atoms with Gasteiger partial charge in [0.25, 0.3) is 11.8 Å². The molecular formula is C21H19F2N3O4. The minimum atomic E-state index is -0.972. The number of pyridine rings is 1. The van der Waals surface area contributed by atoms with Crippen LogP contribution in [0.25, 0.3) is 0 Å². The lowest BCUT2D eigenvalue weighted by Gasteiger charge is -2.37. The second kappa shape index (κ2) is 7.74. The molecule has 4 rings (SSSR count). The van der Waals surface area contributed by atoms with Crippen LogP contribution in [-0.2, 0) is 6.54 Å². The number of benzene rings is 1. The highest BCUT2D eigenvalue weighted by Crippen LogP contribution is 2.29. The number of amides is 2. The number of aromatic nitrogens is 1. The maximum absolute atomic E-state index is 13.8. The maximum atomic E-state index is 13.8. The molecule has 9 heteroatoms. The largest absolute Gasteiger partial charge is 0.503 e. The molecule has 2 aliphatic heterocycles. The van der Waals surface area contributed by atoms with Crippen molar-refractivity contribution in [3.05, 3.63) is 75.2 Å². The van der Waals surface area contributed by atoms with E-state index < -0.39 is 34.6 Å². The van der Waals surface area contributed by atoms with E-state index in [2.05, 4.69) is 5.32 Å². The molecule has 0 saturated heterocycles. The maximum Gasteiger partial charge on any atom is 0.274 e. The zero-order valence-electron chi connectivity index (χ0n) is 15.9. The Morgan fingerprint density at radius 3 is 2.80 bits per heavy atom. The number of rotatable bonds is 3. The van der Waals surface area contributed by atoms with Crippen LogP contribution in [0.1, 0.15) is 45.3 Å². The van der Waals surface area contributed by atoms with Gasteiger partial charge in [0, 0.05) is 37.5 Å². The van der Waals surface area contributed by atoms with Gasteiger partial charge >= 0.3 is 0 Å². The van der Waals surface area contributed by atoms with Crippen molar-refractivity contribution in [2.75, 3.05) is 13.1 Å². The van der Waals surface area contributed by atoms with Gasteiger partial charge in [0.2, 0.25) is 5.43 Å². The molecular weight excluding hydrogens is 396 g/mol. The lowest BCUT2D eigenvalue weighted by atomic mass is 10.0. The number of carbonyl (C=O) groups excluding carboxylic acids is 2. The quantitative estimate of drug-likeness (QED) is 0.752. The van der Waals surface area contributed by atoms with Crippen molar-refractivity contribution in [2.45, 2.75) is 25.4 Å². The van der Waals surface area contributed by atoms with Gasteiger partial charge in [-0.15, -0.1) is 0 Å². The predicted molar refractivity (Wildman–Crippen MR) is 103 cm³/mol. The van der Waals surface area contributed by atoms with Crippen molar-refractivity contribution in [3.8, 4) is 5.75 Å². The van der Waals surface area contributed by atoms with Gasteiger partial charge < -0.3 is 19.9 Å². The number of nitrogens with one attached hydrogen (secondary N) is 1. The molecule has 1 atom stereocenters. The van der Waals surface area contributed by atoms with E-state index in [0.717, 1.165) is 6.07 Å². The molecule has 1 aromatic carbocycles. The molecule has 0 saturated carbocycles. The van der Waals surface area contributed by atoms with Crippen molar-refractivity contribution in [2.24, 2.45) is 0 Å². The van der Waals surface area contributed by atoms with E-state index in [0.29, 0.717) is 32.0 Å². The van der Waals surface area contributed by atoms with E-state index in [1.54, 1.807) is 4.90 Å². The van der Waals surface area contributed by atoms with Crippen molar-refractivity contribution >= 4 is 11.8 Å². The van der Waals surface area contributed by atoms with Gasteiger partial charge in [-0.05, 0) is 18.9 Å². The second-order valence-electron chi connectivity index (χ2n) is 7.30. The molecule has 1 aromatic heterocycles. The van der Waals surface area contributed by atoms with Crippen molar-refractivity contribution < 1.29 is 23.5 Å². The van der Waals surface area contributed by atoms with Crippen LogP contribution in [-0.4, -0.2) is 39.5 Å². The number of aromatic hydroxyl groups is 1. The Kier molecular flexibility index (Phi) is 5.11. The van der Waals surface area contributed by atoms with Gasteiger partial charge in [0.05, 0.1) is 6.04 Å². The fraction of sp³-hybridized carbons (Fsp3) is 0.286. The van der Waals surface area contributed by atoms with Crippen LogP contribution < -0.4 is 10.7 Å². The highest BCUT2D eigenvalue weighted by molar-refractivity contribution is 5.99. The molecule has 2 bridgehead atoms. The number of carbonyl (C=O) groups is 2. The predicted octanol–water partition coefficient (Wildman–Crippen LogP) is 2.11. The number of hydrogen-bond donors (Lipinski definition) is 2. The summed E-state index contributed by atoms with van der Waals surface area (Å²) in [5, 5.41) is 12.8. The van der Waals surface area contributed by atoms with E-state index in [4.69, 9.17) is 0 Å². The van der Waals surface area contributed by atoms with Crippen LogP contribution in [0.2, 0.25) is 0 Å². The van der Waals surface area contributed by atoms with Gasteiger partial charge in [-0.2, -0.15) is 0 Å². The van der Waals surface area contributed by atoms with Crippen LogP contribution in [0.15, 0.2) is 41.3 Å². The summed E-state index contributed by atoms with van der Waals surface area (Å²) in [6, 6.07) is 2.71. The summed E-state index contributed by atoms with van der Waals surface area (Å²) in [5.74, 6) is -3.64. The Bertz CT molecular complexity index is 1130. The summed E-state index contributed by atoms with van der Waals surface area (Å²) in [4.78, 5) is 39.5. The Morgan fingerprint density at radius 2 is 2.03 bits per heavy atom. The standard InChI is InChI=1S/C21H19F2N3O4/c22-13-6-5-12(16(23)8-13)9-24-20(29)15-11-26-14-4-2-1-3-7-25(10-14)21(30)17(26)19(28)18(15)27/h1-2,5-6,8,11,14,28H,3-4,7,9-10H2,(H,24,29)/t14-/m1/s1. The van der Waals surface area contributed by atoms with Crippen LogP contribution in [0, 0.1) is 11.6 Å². The van der Waals surface area contributed by atoms with Crippen LogP contribution in [0.5, 0.6) is 5.75 Å². The van der Waals surface area contributed by atoms with Gasteiger partial charge in [-0.25, -0.2) is 8.78 Å². The Morgan fingerprint density at radius 1 is 1.23 bits per heavy atom. The monoisotopic (exact) mass is 415 g/mol. The zero-order valence-corrected chi connectivity index (χ0v) is 15.9. The fourth-order valence-electron chi connectivity index (χ4n) is 3.77. The molecule has 156 valence electrons. The highest BCUT2D eigenvalue weighted by atomic mass is 19.1. The Balaban J connectivity index is 1.67. The molecule has 2 N–H and O–H groups in total. The van der Waals surface area contributed by atoms with E-state index in [9.17, 15) is 28.3 Å². The first-order valence-corrected chi connectivity index (χ1v) is 9.51. The van der Waals surface area contributed by atoms with E-state index >= 15 is 0 Å². The highest BCUT2D eigenvalue weighted by Gasteiger charge is 2.35. The zero-order chi connectivity index (χ0) is 21.4. The normalized spacial score (nSPS) is 17.9. The van der Waals surface area contributed by atoms with Crippen molar-refractivity contribution in [1.29, 1.82) is 0 Å². The first-order valence-electron chi connectivity index (χ1n) is 9.51. The number of hydrogen-bond acceptors (Lipinski definition) is 4. The minimum absolute atomic E-state index is 0.0445. The van der Waals surface area contributed by atoms with E-state index in [-0.39, 0.29) is 29.4 Å². The number of nitrogens with zero attached hydrogens (tertiary/aromatic N) is 2. The molecule has 2 amide bonds. The second-order valence-corrected chi connectivity index (χ2v) is 7.30. The minimum Gasteiger partial charge on any atom is -0.503 e. The van der Waals surface area contributed by atoms with Gasteiger partial charge in [0.15, 0.2) is 11.4 Å². The van der Waals surface area contributed by atoms with Crippen LogP contribution in [0.3, 0.4) is 0 Å². The number of fused-ring (bicyclic) bond motifs is 4. The molecule has 0 unspecified atom stereocenters. The molecule has 2 aromatic rings. The summed E-state index contributed by atoms with van der Waals surface area (Å²) in [7, 11) is 0. The fourth-order valence-corrected chi connectivity index (χ4v) is 3.77. The molecule has 3 heterocycles. The first kappa shape index (κ1) is 19.8. The van der Waals surface area contributed by atoms with E-state index in [1.807, 2.05) is 12.2 Å². The molecule has 0 radical (unpaired) electrons. The van der Waals surface area contributed by atoms with E-state index in [1.165, 1.54) is 16.8 Å². The smallest absolute Gasteiger partial charge is 0.274 e. The summed E-state index contributed by atoms with van der Waals surface area (Å²) >= 11 is 0. The summed E-state index contributed by atoms with van der Waals surface area (Å²) in [6.07, 6.45) is 6.45.